The van der Waals surface area contributed by atoms with Crippen molar-refractivity contribution in [2.45, 2.75) is 31.2 Å². The number of benzene rings is 2. The molecule has 1 atom stereocenters. The molecule has 0 radical (unpaired) electrons. The van der Waals surface area contributed by atoms with E-state index in [4.69, 9.17) is 0 Å². The number of nitrogens with zero attached hydrogens (tertiary/aromatic N) is 3. The highest BCUT2D eigenvalue weighted by atomic mass is 32.2. The molecule has 1 fully saturated rings. The molecule has 0 aliphatic carbocycles. The van der Waals surface area contributed by atoms with Gasteiger partial charge in [-0.15, -0.1) is 0 Å². The summed E-state index contributed by atoms with van der Waals surface area (Å²) in [5.74, 6) is -0.169. The van der Waals surface area contributed by atoms with E-state index in [2.05, 4.69) is 4.72 Å². The number of hydrogen-bond acceptors (Lipinski definition) is 6. The van der Waals surface area contributed by atoms with Gasteiger partial charge in [0.2, 0.25) is 10.0 Å². The molecule has 3 rings (SSSR count). The van der Waals surface area contributed by atoms with E-state index >= 15 is 0 Å². The molecule has 1 saturated heterocycles. The maximum atomic E-state index is 12.8. The number of hydrogen-bond donors (Lipinski definition) is 1. The Morgan fingerprint density at radius 1 is 1.13 bits per heavy atom. The number of nitro groups is 1. The molecule has 0 saturated carbocycles. The Balaban J connectivity index is 1.63. The van der Waals surface area contributed by atoms with Crippen LogP contribution in [0, 0.1) is 10.1 Å². The normalized spacial score (nSPS) is 15.5. The Morgan fingerprint density at radius 2 is 1.77 bits per heavy atom. The van der Waals surface area contributed by atoms with E-state index in [9.17, 15) is 23.3 Å². The predicted molar refractivity (Wildman–Crippen MR) is 118 cm³/mol. The quantitative estimate of drug-likeness (QED) is 0.517. The molecule has 2 aromatic carbocycles. The number of amides is 1. The zero-order chi connectivity index (χ0) is 22.6. The summed E-state index contributed by atoms with van der Waals surface area (Å²) in [7, 11) is -3.62. The van der Waals surface area contributed by atoms with Crippen molar-refractivity contribution in [2.24, 2.45) is 0 Å². The molecule has 1 N–H and O–H groups in total. The maximum Gasteiger partial charge on any atom is 0.271 e. The third kappa shape index (κ3) is 5.39. The second-order valence-corrected chi connectivity index (χ2v) is 9.23. The van der Waals surface area contributed by atoms with Crippen LogP contribution in [-0.2, 0) is 10.0 Å². The van der Waals surface area contributed by atoms with Crippen molar-refractivity contribution in [3.05, 3.63) is 64.2 Å². The van der Waals surface area contributed by atoms with Gasteiger partial charge >= 0.3 is 0 Å². The molecule has 1 amide bonds. The number of nitro benzene ring substituents is 1. The minimum Gasteiger partial charge on any atom is -0.368 e. The second-order valence-electron chi connectivity index (χ2n) is 7.51. The summed E-state index contributed by atoms with van der Waals surface area (Å²) >= 11 is 0. The molecule has 1 aliphatic rings. The number of sulfonamides is 1. The Hall–Kier alpha value is -2.98. The van der Waals surface area contributed by atoms with Crippen molar-refractivity contribution < 1.29 is 18.1 Å². The number of nitrogens with one attached hydrogen (secondary N) is 1. The second kappa shape index (κ2) is 9.44. The van der Waals surface area contributed by atoms with Gasteiger partial charge in [-0.25, -0.2) is 13.1 Å². The Morgan fingerprint density at radius 3 is 2.35 bits per heavy atom. The van der Waals surface area contributed by atoms with E-state index in [1.54, 1.807) is 17.9 Å². The minimum absolute atomic E-state index is 0.0360. The first kappa shape index (κ1) is 22.7. The monoisotopic (exact) mass is 446 g/mol. The van der Waals surface area contributed by atoms with Crippen LogP contribution < -0.4 is 9.62 Å². The van der Waals surface area contributed by atoms with Crippen LogP contribution >= 0.6 is 0 Å². The highest BCUT2D eigenvalue weighted by molar-refractivity contribution is 7.89. The van der Waals surface area contributed by atoms with Crippen LogP contribution in [0.1, 0.15) is 30.6 Å². The van der Waals surface area contributed by atoms with Crippen LogP contribution in [0.2, 0.25) is 0 Å². The molecule has 166 valence electrons. The van der Waals surface area contributed by atoms with Crippen LogP contribution in [0.4, 0.5) is 11.4 Å². The standard InChI is InChI=1S/C21H26N4O5S/c1-3-16(2)22-31(29,30)20-9-7-17(8-10-20)21(26)24-13-11-23(12-14-24)18-5-4-6-19(15-18)25(27)28/h4-10,15-16,22H,3,11-14H2,1-2H3. The van der Waals surface area contributed by atoms with E-state index in [0.717, 1.165) is 5.69 Å². The van der Waals surface area contributed by atoms with Crippen LogP contribution in [0.15, 0.2) is 53.4 Å². The van der Waals surface area contributed by atoms with Crippen molar-refractivity contribution >= 4 is 27.3 Å². The highest BCUT2D eigenvalue weighted by Crippen LogP contribution is 2.23. The Bertz CT molecular complexity index is 1050. The fourth-order valence-electron chi connectivity index (χ4n) is 3.35. The zero-order valence-electron chi connectivity index (χ0n) is 17.5. The van der Waals surface area contributed by atoms with Crippen molar-refractivity contribution in [3.63, 3.8) is 0 Å². The van der Waals surface area contributed by atoms with E-state index in [1.807, 2.05) is 17.9 Å². The van der Waals surface area contributed by atoms with E-state index in [0.29, 0.717) is 38.2 Å². The number of anilines is 1. The summed E-state index contributed by atoms with van der Waals surface area (Å²) < 4.78 is 27.3. The average Bonchev–Trinajstić information content (AvgIpc) is 2.78. The summed E-state index contributed by atoms with van der Waals surface area (Å²) in [5, 5.41) is 11.0. The van der Waals surface area contributed by atoms with Crippen molar-refractivity contribution in [1.29, 1.82) is 0 Å². The Labute approximate surface area is 181 Å². The summed E-state index contributed by atoms with van der Waals surface area (Å²) in [6.45, 7) is 5.74. The van der Waals surface area contributed by atoms with Crippen LogP contribution in [-0.4, -0.2) is 56.4 Å². The molecule has 0 aromatic heterocycles. The third-order valence-electron chi connectivity index (χ3n) is 5.35. The molecule has 9 nitrogen and oxygen atoms in total. The summed E-state index contributed by atoms with van der Waals surface area (Å²) in [4.78, 5) is 27.2. The molecule has 1 aliphatic heterocycles. The first-order valence-electron chi connectivity index (χ1n) is 10.1. The summed E-state index contributed by atoms with van der Waals surface area (Å²) in [6, 6.07) is 12.2. The van der Waals surface area contributed by atoms with Gasteiger partial charge in [0.1, 0.15) is 0 Å². The van der Waals surface area contributed by atoms with Crippen LogP contribution in [0.25, 0.3) is 0 Å². The number of carbonyl (C=O) groups is 1. The minimum atomic E-state index is -3.62. The van der Waals surface area contributed by atoms with Crippen molar-refractivity contribution in [1.82, 2.24) is 9.62 Å². The van der Waals surface area contributed by atoms with Gasteiger partial charge < -0.3 is 9.80 Å². The number of non-ortho nitro benzene ring substituents is 1. The van der Waals surface area contributed by atoms with E-state index in [-0.39, 0.29) is 22.5 Å². The lowest BCUT2D eigenvalue weighted by molar-refractivity contribution is -0.384. The van der Waals surface area contributed by atoms with Gasteiger partial charge in [-0.3, -0.25) is 14.9 Å². The lowest BCUT2D eigenvalue weighted by Crippen LogP contribution is -2.48. The molecule has 1 heterocycles. The first-order chi connectivity index (χ1) is 14.7. The van der Waals surface area contributed by atoms with Gasteiger partial charge in [-0.1, -0.05) is 13.0 Å². The van der Waals surface area contributed by atoms with E-state index < -0.39 is 14.9 Å². The van der Waals surface area contributed by atoms with Gasteiger partial charge in [0.15, 0.2) is 0 Å². The van der Waals surface area contributed by atoms with Gasteiger partial charge in [0.25, 0.3) is 11.6 Å². The number of rotatable bonds is 7. The SMILES string of the molecule is CCC(C)NS(=O)(=O)c1ccc(C(=O)N2CCN(c3cccc([N+](=O)[O-])c3)CC2)cc1. The molecule has 0 bridgehead atoms. The van der Waals surface area contributed by atoms with Gasteiger partial charge in [0, 0.05) is 55.6 Å². The summed E-state index contributed by atoms with van der Waals surface area (Å²) in [6.07, 6.45) is 0.679. The predicted octanol–water partition coefficient (Wildman–Crippen LogP) is 2.63. The first-order valence-corrected chi connectivity index (χ1v) is 11.6. The number of carbonyl (C=O) groups excluding carboxylic acids is 1. The summed E-state index contributed by atoms with van der Waals surface area (Å²) in [5.41, 5.74) is 1.21. The lowest BCUT2D eigenvalue weighted by atomic mass is 10.1. The van der Waals surface area contributed by atoms with Crippen molar-refractivity contribution in [2.75, 3.05) is 31.1 Å². The average molecular weight is 447 g/mol. The fourth-order valence-corrected chi connectivity index (χ4v) is 4.67. The lowest BCUT2D eigenvalue weighted by Gasteiger charge is -2.36. The van der Waals surface area contributed by atoms with Crippen LogP contribution in [0.5, 0.6) is 0 Å². The number of piperazine rings is 1. The van der Waals surface area contributed by atoms with Gasteiger partial charge in [-0.2, -0.15) is 0 Å². The van der Waals surface area contributed by atoms with Crippen LogP contribution in [0.3, 0.4) is 0 Å². The molecule has 10 heteroatoms. The largest absolute Gasteiger partial charge is 0.368 e. The molecule has 1 unspecified atom stereocenters. The third-order valence-corrected chi connectivity index (χ3v) is 6.96. The molecule has 0 spiro atoms. The molecule has 2 aromatic rings. The van der Waals surface area contributed by atoms with Gasteiger partial charge in [0.05, 0.1) is 9.82 Å². The topological polar surface area (TPSA) is 113 Å². The zero-order valence-corrected chi connectivity index (χ0v) is 18.3. The molecular weight excluding hydrogens is 420 g/mol. The molecule has 31 heavy (non-hydrogen) atoms. The fraction of sp³-hybridized carbons (Fsp3) is 0.381. The molecular formula is C21H26N4O5S. The smallest absolute Gasteiger partial charge is 0.271 e. The van der Waals surface area contributed by atoms with Crippen molar-refractivity contribution in [3.8, 4) is 0 Å². The Kier molecular flexibility index (Phi) is 6.91. The van der Waals surface area contributed by atoms with E-state index in [1.165, 1.54) is 36.4 Å². The maximum absolute atomic E-state index is 12.8. The highest BCUT2D eigenvalue weighted by Gasteiger charge is 2.24. The van der Waals surface area contributed by atoms with Gasteiger partial charge in [-0.05, 0) is 43.7 Å².